The summed E-state index contributed by atoms with van der Waals surface area (Å²) in [5.74, 6) is -3.45. The van der Waals surface area contributed by atoms with Gasteiger partial charge in [0, 0.05) is 12.1 Å². The number of hydrogen-bond acceptors (Lipinski definition) is 3. The van der Waals surface area contributed by atoms with Gasteiger partial charge in [-0.15, -0.1) is 5.10 Å². The van der Waals surface area contributed by atoms with E-state index in [4.69, 9.17) is 5.11 Å². The zero-order chi connectivity index (χ0) is 13.4. The normalized spacial score (nSPS) is 13.2. The Morgan fingerprint density at radius 3 is 2.50 bits per heavy atom. The van der Waals surface area contributed by atoms with E-state index in [0.717, 1.165) is 16.8 Å². The van der Waals surface area contributed by atoms with Gasteiger partial charge in [-0.25, -0.2) is 18.3 Å². The number of halogens is 2. The second kappa shape index (κ2) is 4.32. The molecule has 0 spiro atoms. The average Bonchev–Trinajstić information content (AvgIpc) is 2.62. The molecule has 18 heavy (non-hydrogen) atoms. The first kappa shape index (κ1) is 12.4. The molecule has 7 heteroatoms. The number of aromatic nitrogens is 3. The third kappa shape index (κ3) is 1.92. The van der Waals surface area contributed by atoms with Crippen molar-refractivity contribution in [1.82, 2.24) is 15.0 Å². The Kier molecular flexibility index (Phi) is 2.98. The van der Waals surface area contributed by atoms with Gasteiger partial charge in [0.1, 0.15) is 5.52 Å². The molecule has 2 rings (SSSR count). The Bertz CT molecular complexity index is 610. The molecule has 0 radical (unpaired) electrons. The molecule has 0 amide bonds. The fourth-order valence-corrected chi connectivity index (χ4v) is 1.81. The molecule has 0 saturated carbocycles. The van der Waals surface area contributed by atoms with Gasteiger partial charge in [0.05, 0.1) is 5.52 Å². The van der Waals surface area contributed by atoms with E-state index in [0.29, 0.717) is 0 Å². The van der Waals surface area contributed by atoms with Crippen LogP contribution >= 0.6 is 0 Å². The summed E-state index contributed by atoms with van der Waals surface area (Å²) in [5, 5.41) is 16.5. The molecule has 5 nitrogen and oxygen atoms in total. The van der Waals surface area contributed by atoms with Crippen molar-refractivity contribution >= 4 is 17.0 Å². The molecule has 2 aromatic rings. The highest BCUT2D eigenvalue weighted by Crippen LogP contribution is 2.23. The van der Waals surface area contributed by atoms with Crippen molar-refractivity contribution in [1.29, 1.82) is 0 Å². The molecule has 0 aliphatic heterocycles. The molecule has 0 fully saturated rings. The van der Waals surface area contributed by atoms with Gasteiger partial charge in [-0.3, -0.25) is 0 Å². The van der Waals surface area contributed by atoms with Crippen LogP contribution in [0.5, 0.6) is 0 Å². The quantitative estimate of drug-likeness (QED) is 0.910. The van der Waals surface area contributed by atoms with Crippen molar-refractivity contribution in [3.05, 3.63) is 23.8 Å². The molecule has 0 saturated heterocycles. The Balaban J connectivity index is 2.64. The van der Waals surface area contributed by atoms with E-state index in [2.05, 4.69) is 10.3 Å². The van der Waals surface area contributed by atoms with Crippen molar-refractivity contribution in [3.63, 3.8) is 0 Å². The van der Waals surface area contributed by atoms with Crippen molar-refractivity contribution < 1.29 is 18.7 Å². The largest absolute Gasteiger partial charge is 0.480 e. The maximum absolute atomic E-state index is 13.2. The number of hydrogen-bond donors (Lipinski definition) is 1. The molecule has 1 N–H and O–H groups in total. The molecule has 0 bridgehead atoms. The molecule has 1 aromatic heterocycles. The van der Waals surface area contributed by atoms with E-state index in [1.807, 2.05) is 0 Å². The second-order valence-electron chi connectivity index (χ2n) is 4.32. The lowest BCUT2D eigenvalue weighted by Gasteiger charge is -2.16. The topological polar surface area (TPSA) is 68.0 Å². The van der Waals surface area contributed by atoms with Crippen LogP contribution in [0.15, 0.2) is 12.1 Å². The second-order valence-corrected chi connectivity index (χ2v) is 4.32. The number of benzene rings is 1. The maximum atomic E-state index is 13.2. The molecule has 0 aliphatic rings. The standard InChI is InChI=1S/C11H11F2N3O2/c1-5(2)10(11(17)18)16-9-4-7(13)6(12)3-8(9)14-15-16/h3-5,10H,1-2H3,(H,17,18). The maximum Gasteiger partial charge on any atom is 0.328 e. The number of rotatable bonds is 3. The van der Waals surface area contributed by atoms with Crippen LogP contribution in [0.1, 0.15) is 19.9 Å². The van der Waals surface area contributed by atoms with Gasteiger partial charge in [0.25, 0.3) is 0 Å². The van der Waals surface area contributed by atoms with Gasteiger partial charge in [0.2, 0.25) is 0 Å². The van der Waals surface area contributed by atoms with Crippen LogP contribution in [0, 0.1) is 17.6 Å². The van der Waals surface area contributed by atoms with E-state index in [1.54, 1.807) is 13.8 Å². The number of carboxylic acid groups (broad SMARTS) is 1. The van der Waals surface area contributed by atoms with Gasteiger partial charge in [-0.05, 0) is 5.92 Å². The van der Waals surface area contributed by atoms with E-state index in [1.165, 1.54) is 0 Å². The van der Waals surface area contributed by atoms with Gasteiger partial charge >= 0.3 is 5.97 Å². The molecular formula is C11H11F2N3O2. The molecule has 0 aliphatic carbocycles. The molecule has 1 heterocycles. The van der Waals surface area contributed by atoms with Gasteiger partial charge in [0.15, 0.2) is 17.7 Å². The lowest BCUT2D eigenvalue weighted by Crippen LogP contribution is -2.25. The van der Waals surface area contributed by atoms with Crippen molar-refractivity contribution in [2.75, 3.05) is 0 Å². The zero-order valence-electron chi connectivity index (χ0n) is 9.76. The summed E-state index contributed by atoms with van der Waals surface area (Å²) in [6.45, 7) is 3.40. The minimum absolute atomic E-state index is 0.126. The zero-order valence-corrected chi connectivity index (χ0v) is 9.76. The summed E-state index contributed by atoms with van der Waals surface area (Å²) in [6.07, 6.45) is 0. The minimum atomic E-state index is -1.10. The highest BCUT2D eigenvalue weighted by atomic mass is 19.2. The summed E-state index contributed by atoms with van der Waals surface area (Å²) in [5.41, 5.74) is 0.288. The molecular weight excluding hydrogens is 244 g/mol. The first-order chi connectivity index (χ1) is 8.41. The number of fused-ring (bicyclic) bond motifs is 1. The summed E-state index contributed by atoms with van der Waals surface area (Å²) < 4.78 is 27.3. The van der Waals surface area contributed by atoms with Crippen LogP contribution in [-0.4, -0.2) is 26.1 Å². The summed E-state index contributed by atoms with van der Waals surface area (Å²) in [7, 11) is 0. The van der Waals surface area contributed by atoms with Crippen LogP contribution < -0.4 is 0 Å². The van der Waals surface area contributed by atoms with Crippen LogP contribution in [-0.2, 0) is 4.79 Å². The Hall–Kier alpha value is -2.05. The Morgan fingerprint density at radius 2 is 1.94 bits per heavy atom. The fourth-order valence-electron chi connectivity index (χ4n) is 1.81. The summed E-state index contributed by atoms with van der Waals surface area (Å²) in [4.78, 5) is 11.2. The molecule has 1 atom stereocenters. The van der Waals surface area contributed by atoms with E-state index in [9.17, 15) is 13.6 Å². The first-order valence-corrected chi connectivity index (χ1v) is 5.34. The predicted octanol–water partition coefficient (Wildman–Crippen LogP) is 1.99. The number of nitrogens with zero attached hydrogens (tertiary/aromatic N) is 3. The first-order valence-electron chi connectivity index (χ1n) is 5.34. The van der Waals surface area contributed by atoms with Crippen molar-refractivity contribution in [3.8, 4) is 0 Å². The van der Waals surface area contributed by atoms with Crippen molar-refractivity contribution in [2.24, 2.45) is 5.92 Å². The number of aliphatic carboxylic acids is 1. The smallest absolute Gasteiger partial charge is 0.328 e. The summed E-state index contributed by atoms with van der Waals surface area (Å²) >= 11 is 0. The van der Waals surface area contributed by atoms with Gasteiger partial charge in [-0.2, -0.15) is 0 Å². The third-order valence-corrected chi connectivity index (χ3v) is 2.66. The minimum Gasteiger partial charge on any atom is -0.480 e. The lowest BCUT2D eigenvalue weighted by atomic mass is 10.0. The lowest BCUT2D eigenvalue weighted by molar-refractivity contribution is -0.142. The average molecular weight is 255 g/mol. The predicted molar refractivity (Wildman–Crippen MR) is 59.0 cm³/mol. The highest BCUT2D eigenvalue weighted by molar-refractivity contribution is 5.79. The fraction of sp³-hybridized carbons (Fsp3) is 0.364. The van der Waals surface area contributed by atoms with Crippen LogP contribution in [0.3, 0.4) is 0 Å². The van der Waals surface area contributed by atoms with Gasteiger partial charge < -0.3 is 5.11 Å². The van der Waals surface area contributed by atoms with E-state index >= 15 is 0 Å². The summed E-state index contributed by atoms with van der Waals surface area (Å²) in [6, 6.07) is 0.830. The molecule has 1 unspecified atom stereocenters. The van der Waals surface area contributed by atoms with Crippen LogP contribution in [0.2, 0.25) is 0 Å². The van der Waals surface area contributed by atoms with Gasteiger partial charge in [-0.1, -0.05) is 19.1 Å². The van der Waals surface area contributed by atoms with Crippen molar-refractivity contribution in [2.45, 2.75) is 19.9 Å². The number of carboxylic acids is 1. The van der Waals surface area contributed by atoms with E-state index < -0.39 is 23.6 Å². The SMILES string of the molecule is CC(C)C(C(=O)O)n1nnc2cc(F)c(F)cc21. The Labute approximate surface area is 101 Å². The van der Waals surface area contributed by atoms with E-state index in [-0.39, 0.29) is 17.0 Å². The highest BCUT2D eigenvalue weighted by Gasteiger charge is 2.27. The monoisotopic (exact) mass is 255 g/mol. The van der Waals surface area contributed by atoms with Crippen LogP contribution in [0.4, 0.5) is 8.78 Å². The molecule has 1 aromatic carbocycles. The number of carbonyl (C=O) groups is 1. The third-order valence-electron chi connectivity index (χ3n) is 2.66. The molecule has 96 valence electrons. The van der Waals surface area contributed by atoms with Crippen LogP contribution in [0.25, 0.3) is 11.0 Å². The Morgan fingerprint density at radius 1 is 1.33 bits per heavy atom.